The number of benzene rings is 1. The molecule has 0 aliphatic heterocycles. The topological polar surface area (TPSA) is 24.9 Å². The second kappa shape index (κ2) is 5.88. The third-order valence-electron chi connectivity index (χ3n) is 2.63. The normalized spacial score (nSPS) is 11.3. The Balaban J connectivity index is 2.67. The lowest BCUT2D eigenvalue weighted by atomic mass is 10.1. The average Bonchev–Trinajstić information content (AvgIpc) is 2.34. The van der Waals surface area contributed by atoms with Gasteiger partial charge in [-0.2, -0.15) is 0 Å². The van der Waals surface area contributed by atoms with Gasteiger partial charge in [-0.1, -0.05) is 30.1 Å². The molecule has 6 heteroatoms. The molecule has 102 valence electrons. The lowest BCUT2D eigenvalue weighted by Gasteiger charge is -2.12. The number of anilines is 1. The average molecular weight is 305 g/mol. The monoisotopic (exact) mass is 304 g/mol. The van der Waals surface area contributed by atoms with Crippen molar-refractivity contribution >= 4 is 39.8 Å². The molecule has 2 aromatic rings. The maximum Gasteiger partial charge on any atom is 0.280 e. The maximum absolute atomic E-state index is 12.8. The van der Waals surface area contributed by atoms with E-state index < -0.39 is 6.43 Å². The number of nitrogens with zero attached hydrogens (tertiary/aromatic N) is 1. The number of pyridine rings is 1. The van der Waals surface area contributed by atoms with E-state index >= 15 is 0 Å². The number of hydrogen-bond donors (Lipinski definition) is 1. The summed E-state index contributed by atoms with van der Waals surface area (Å²) in [4.78, 5) is 3.91. The van der Waals surface area contributed by atoms with Crippen LogP contribution in [-0.4, -0.2) is 11.5 Å². The SMILES string of the molecule is CCCNc1cc(C(F)F)nc2cc(Cl)cc(Cl)c12. The van der Waals surface area contributed by atoms with Crippen LogP contribution in [0.5, 0.6) is 0 Å². The first-order chi connectivity index (χ1) is 9.02. The Hall–Kier alpha value is -1.13. The van der Waals surface area contributed by atoms with Crippen molar-refractivity contribution in [2.45, 2.75) is 19.8 Å². The molecule has 0 bridgehead atoms. The summed E-state index contributed by atoms with van der Waals surface area (Å²) in [6, 6.07) is 4.44. The minimum atomic E-state index is -2.63. The highest BCUT2D eigenvalue weighted by Gasteiger charge is 2.15. The zero-order valence-corrected chi connectivity index (χ0v) is 11.7. The van der Waals surface area contributed by atoms with Crippen LogP contribution in [0, 0.1) is 0 Å². The van der Waals surface area contributed by atoms with Gasteiger partial charge in [0.15, 0.2) is 0 Å². The Labute approximate surface area is 119 Å². The quantitative estimate of drug-likeness (QED) is 0.829. The van der Waals surface area contributed by atoms with Gasteiger partial charge in [0, 0.05) is 22.6 Å². The number of alkyl halides is 2. The minimum absolute atomic E-state index is 0.288. The second-order valence-corrected chi connectivity index (χ2v) is 4.95. The van der Waals surface area contributed by atoms with E-state index in [1.807, 2.05) is 6.92 Å². The van der Waals surface area contributed by atoms with Gasteiger partial charge in [-0.3, -0.25) is 0 Å². The number of aromatic nitrogens is 1. The summed E-state index contributed by atoms with van der Waals surface area (Å²) in [5.41, 5.74) is 0.641. The molecule has 0 atom stereocenters. The van der Waals surface area contributed by atoms with Crippen molar-refractivity contribution in [1.29, 1.82) is 0 Å². The molecule has 0 unspecified atom stereocenters. The van der Waals surface area contributed by atoms with Crippen molar-refractivity contribution in [3.05, 3.63) is 33.9 Å². The molecule has 0 fully saturated rings. The summed E-state index contributed by atoms with van der Waals surface area (Å²) in [5.74, 6) is 0. The van der Waals surface area contributed by atoms with Gasteiger partial charge in [0.1, 0.15) is 5.69 Å². The summed E-state index contributed by atoms with van der Waals surface area (Å²) in [5, 5.41) is 4.48. The Morgan fingerprint density at radius 2 is 2.00 bits per heavy atom. The number of hydrogen-bond acceptors (Lipinski definition) is 2. The van der Waals surface area contributed by atoms with Crippen LogP contribution in [-0.2, 0) is 0 Å². The fourth-order valence-electron chi connectivity index (χ4n) is 1.82. The van der Waals surface area contributed by atoms with Crippen molar-refractivity contribution in [2.75, 3.05) is 11.9 Å². The number of fused-ring (bicyclic) bond motifs is 1. The van der Waals surface area contributed by atoms with Crippen molar-refractivity contribution < 1.29 is 8.78 Å². The van der Waals surface area contributed by atoms with Gasteiger partial charge < -0.3 is 5.32 Å². The number of rotatable bonds is 4. The van der Waals surface area contributed by atoms with Crippen molar-refractivity contribution in [3.63, 3.8) is 0 Å². The van der Waals surface area contributed by atoms with Gasteiger partial charge >= 0.3 is 0 Å². The van der Waals surface area contributed by atoms with Crippen LogP contribution < -0.4 is 5.32 Å². The molecule has 1 N–H and O–H groups in total. The first-order valence-corrected chi connectivity index (χ1v) is 6.60. The molecule has 19 heavy (non-hydrogen) atoms. The van der Waals surface area contributed by atoms with Gasteiger partial charge in [-0.15, -0.1) is 0 Å². The van der Waals surface area contributed by atoms with Gasteiger partial charge in [-0.05, 0) is 24.6 Å². The van der Waals surface area contributed by atoms with Crippen LogP contribution >= 0.6 is 23.2 Å². The fraction of sp³-hybridized carbons (Fsp3) is 0.308. The smallest absolute Gasteiger partial charge is 0.280 e. The van der Waals surface area contributed by atoms with Crippen LogP contribution in [0.3, 0.4) is 0 Å². The molecule has 2 nitrogen and oxygen atoms in total. The predicted octanol–water partition coefficient (Wildman–Crippen LogP) is 5.30. The molecule has 0 aliphatic rings. The van der Waals surface area contributed by atoms with E-state index in [9.17, 15) is 8.78 Å². The predicted molar refractivity (Wildman–Crippen MR) is 75.5 cm³/mol. The van der Waals surface area contributed by atoms with E-state index in [1.54, 1.807) is 6.07 Å². The third-order valence-corrected chi connectivity index (χ3v) is 3.15. The largest absolute Gasteiger partial charge is 0.384 e. The molecular weight excluding hydrogens is 293 g/mol. The van der Waals surface area contributed by atoms with Crippen molar-refractivity contribution in [3.8, 4) is 0 Å². The molecule has 2 rings (SSSR count). The van der Waals surface area contributed by atoms with E-state index in [4.69, 9.17) is 23.2 Å². The van der Waals surface area contributed by atoms with Gasteiger partial charge in [0.2, 0.25) is 0 Å². The molecular formula is C13H12Cl2F2N2. The van der Waals surface area contributed by atoms with E-state index in [2.05, 4.69) is 10.3 Å². The van der Waals surface area contributed by atoms with Crippen LogP contribution in [0.2, 0.25) is 10.0 Å². The summed E-state index contributed by atoms with van der Waals surface area (Å²) in [6.07, 6.45) is -1.76. The lowest BCUT2D eigenvalue weighted by molar-refractivity contribution is 0.146. The summed E-state index contributed by atoms with van der Waals surface area (Å²) in [6.45, 7) is 2.66. The van der Waals surface area contributed by atoms with Crippen LogP contribution in [0.15, 0.2) is 18.2 Å². The Morgan fingerprint density at radius 1 is 1.26 bits per heavy atom. The zero-order chi connectivity index (χ0) is 14.0. The molecule has 0 saturated carbocycles. The second-order valence-electron chi connectivity index (χ2n) is 4.10. The summed E-state index contributed by atoms with van der Waals surface area (Å²) in [7, 11) is 0. The molecule has 1 heterocycles. The van der Waals surface area contributed by atoms with Gasteiger partial charge in [0.05, 0.1) is 10.5 Å². The summed E-state index contributed by atoms with van der Waals surface area (Å²) >= 11 is 12.0. The molecule has 1 aromatic heterocycles. The molecule has 1 aromatic carbocycles. The molecule has 0 saturated heterocycles. The molecule has 0 amide bonds. The van der Waals surface area contributed by atoms with E-state index in [0.29, 0.717) is 33.2 Å². The van der Waals surface area contributed by atoms with E-state index in [0.717, 1.165) is 6.42 Å². The van der Waals surface area contributed by atoms with Crippen LogP contribution in [0.1, 0.15) is 25.5 Å². The molecule has 0 spiro atoms. The first-order valence-electron chi connectivity index (χ1n) is 5.84. The molecule has 0 radical (unpaired) electrons. The third kappa shape index (κ3) is 3.07. The fourth-order valence-corrected chi connectivity index (χ4v) is 2.40. The highest BCUT2D eigenvalue weighted by molar-refractivity contribution is 6.39. The minimum Gasteiger partial charge on any atom is -0.384 e. The Bertz CT molecular complexity index is 603. The van der Waals surface area contributed by atoms with Crippen molar-refractivity contribution in [1.82, 2.24) is 4.98 Å². The zero-order valence-electron chi connectivity index (χ0n) is 10.2. The first kappa shape index (κ1) is 14.3. The summed E-state index contributed by atoms with van der Waals surface area (Å²) < 4.78 is 25.7. The number of halogens is 4. The maximum atomic E-state index is 12.8. The van der Waals surface area contributed by atoms with Crippen LogP contribution in [0.25, 0.3) is 10.9 Å². The van der Waals surface area contributed by atoms with Crippen LogP contribution in [0.4, 0.5) is 14.5 Å². The number of nitrogens with one attached hydrogen (secondary N) is 1. The van der Waals surface area contributed by atoms with Crippen molar-refractivity contribution in [2.24, 2.45) is 0 Å². The standard InChI is InChI=1S/C13H12Cl2F2N2/c1-2-3-18-9-6-11(13(16)17)19-10-5-7(14)4-8(15)12(9)10/h4-6,13H,2-3H2,1H3,(H,18,19). The van der Waals surface area contributed by atoms with Gasteiger partial charge in [0.25, 0.3) is 6.43 Å². The van der Waals surface area contributed by atoms with Gasteiger partial charge in [-0.25, -0.2) is 13.8 Å². The molecule has 0 aliphatic carbocycles. The highest BCUT2D eigenvalue weighted by Crippen LogP contribution is 2.34. The Kier molecular flexibility index (Phi) is 4.42. The van der Waals surface area contributed by atoms with E-state index in [-0.39, 0.29) is 5.69 Å². The van der Waals surface area contributed by atoms with E-state index in [1.165, 1.54) is 12.1 Å². The highest BCUT2D eigenvalue weighted by atomic mass is 35.5. The Morgan fingerprint density at radius 3 is 2.63 bits per heavy atom. The lowest BCUT2D eigenvalue weighted by Crippen LogP contribution is -2.03.